The van der Waals surface area contributed by atoms with Crippen molar-refractivity contribution in [2.45, 2.75) is 13.5 Å². The smallest absolute Gasteiger partial charge is 0.256 e. The highest BCUT2D eigenvalue weighted by molar-refractivity contribution is 7.11. The molecule has 0 unspecified atom stereocenters. The summed E-state index contributed by atoms with van der Waals surface area (Å²) in [5, 5.41) is 6.23. The quantitative estimate of drug-likeness (QED) is 0.584. The summed E-state index contributed by atoms with van der Waals surface area (Å²) in [7, 11) is 0. The van der Waals surface area contributed by atoms with Crippen LogP contribution in [0.25, 0.3) is 0 Å². The van der Waals surface area contributed by atoms with Gasteiger partial charge in [-0.2, -0.15) is 4.37 Å². The molecular formula is C19H14Cl2FN3O2S. The molecule has 5 nitrogen and oxygen atoms in total. The monoisotopic (exact) mass is 437 g/mol. The van der Waals surface area contributed by atoms with Gasteiger partial charge in [-0.15, -0.1) is 0 Å². The van der Waals surface area contributed by atoms with Crippen molar-refractivity contribution in [3.8, 4) is 0 Å². The Labute approximate surface area is 174 Å². The minimum atomic E-state index is -0.476. The topological polar surface area (TPSA) is 71.1 Å². The number of aryl methyl sites for hydroxylation is 1. The van der Waals surface area contributed by atoms with E-state index in [0.717, 1.165) is 11.5 Å². The molecule has 3 rings (SSSR count). The Balaban J connectivity index is 1.76. The average Bonchev–Trinajstić information content (AvgIpc) is 3.00. The van der Waals surface area contributed by atoms with Gasteiger partial charge in [0.2, 0.25) is 0 Å². The molecule has 0 radical (unpaired) electrons. The third-order valence-corrected chi connectivity index (χ3v) is 5.13. The summed E-state index contributed by atoms with van der Waals surface area (Å²) in [5.74, 6) is -1.35. The number of amides is 2. The van der Waals surface area contributed by atoms with Crippen LogP contribution in [0.15, 0.2) is 42.5 Å². The van der Waals surface area contributed by atoms with Crippen molar-refractivity contribution in [1.29, 1.82) is 0 Å². The Kier molecular flexibility index (Phi) is 6.28. The van der Waals surface area contributed by atoms with Crippen LogP contribution in [-0.4, -0.2) is 16.2 Å². The third kappa shape index (κ3) is 4.67. The minimum Gasteiger partial charge on any atom is -0.348 e. The van der Waals surface area contributed by atoms with E-state index in [-0.39, 0.29) is 22.7 Å². The summed E-state index contributed by atoms with van der Waals surface area (Å²) < 4.78 is 17.9. The number of hydrogen-bond donors (Lipinski definition) is 2. The number of hydrogen-bond acceptors (Lipinski definition) is 4. The van der Waals surface area contributed by atoms with Gasteiger partial charge >= 0.3 is 0 Å². The number of rotatable bonds is 5. The Morgan fingerprint density at radius 2 is 1.79 bits per heavy atom. The molecule has 0 aliphatic carbocycles. The van der Waals surface area contributed by atoms with Crippen molar-refractivity contribution < 1.29 is 14.0 Å². The number of anilines is 1. The van der Waals surface area contributed by atoms with Gasteiger partial charge in [-0.1, -0.05) is 41.4 Å². The Bertz CT molecular complexity index is 1040. The van der Waals surface area contributed by atoms with Gasteiger partial charge in [0.05, 0.1) is 11.3 Å². The van der Waals surface area contributed by atoms with Crippen LogP contribution >= 0.6 is 34.7 Å². The highest BCUT2D eigenvalue weighted by atomic mass is 35.5. The van der Waals surface area contributed by atoms with E-state index >= 15 is 0 Å². The standard InChI is InChI=1S/C19H14Cl2FN3O2S/c1-10-16(18(27)23-9-11-4-2-3-5-15(11)22)19(28-25-10)24-17(26)12-6-13(20)8-14(21)7-12/h2-8H,9H2,1H3,(H,23,27)(H,24,26). The van der Waals surface area contributed by atoms with E-state index < -0.39 is 17.6 Å². The van der Waals surface area contributed by atoms with Gasteiger partial charge in [0, 0.05) is 27.7 Å². The molecule has 2 N–H and O–H groups in total. The molecule has 0 aliphatic rings. The molecule has 0 saturated carbocycles. The summed E-state index contributed by atoms with van der Waals surface area (Å²) in [4.78, 5) is 25.1. The van der Waals surface area contributed by atoms with Gasteiger partial charge in [0.15, 0.2) is 0 Å². The van der Waals surface area contributed by atoms with E-state index in [1.54, 1.807) is 25.1 Å². The Morgan fingerprint density at radius 3 is 2.46 bits per heavy atom. The first-order valence-corrected chi connectivity index (χ1v) is 9.63. The molecule has 1 aromatic heterocycles. The second kappa shape index (κ2) is 8.68. The molecule has 0 bridgehead atoms. The van der Waals surface area contributed by atoms with Crippen LogP contribution in [-0.2, 0) is 6.54 Å². The molecule has 0 fully saturated rings. The van der Waals surface area contributed by atoms with E-state index in [1.807, 2.05) is 0 Å². The fraction of sp³-hybridized carbons (Fsp3) is 0.105. The highest BCUT2D eigenvalue weighted by Crippen LogP contribution is 2.26. The predicted molar refractivity (Wildman–Crippen MR) is 109 cm³/mol. The lowest BCUT2D eigenvalue weighted by molar-refractivity contribution is 0.0951. The average molecular weight is 438 g/mol. The molecule has 0 aliphatic heterocycles. The first-order valence-electron chi connectivity index (χ1n) is 8.10. The molecule has 2 amide bonds. The first kappa shape index (κ1) is 20.3. The summed E-state index contributed by atoms with van der Waals surface area (Å²) in [6.07, 6.45) is 0. The number of aromatic nitrogens is 1. The molecule has 1 heterocycles. The number of benzene rings is 2. The summed E-state index contributed by atoms with van der Waals surface area (Å²) in [6.45, 7) is 1.67. The third-order valence-electron chi connectivity index (χ3n) is 3.84. The van der Waals surface area contributed by atoms with Crippen molar-refractivity contribution in [3.05, 3.63) is 80.7 Å². The summed E-state index contributed by atoms with van der Waals surface area (Å²) in [5.41, 5.74) is 1.29. The lowest BCUT2D eigenvalue weighted by Gasteiger charge is -2.09. The number of carbonyl (C=O) groups is 2. The number of nitrogens with one attached hydrogen (secondary N) is 2. The van der Waals surface area contributed by atoms with E-state index in [2.05, 4.69) is 15.0 Å². The van der Waals surface area contributed by atoms with E-state index in [0.29, 0.717) is 21.3 Å². The van der Waals surface area contributed by atoms with Gasteiger partial charge < -0.3 is 10.6 Å². The Hall–Kier alpha value is -2.48. The molecule has 9 heteroatoms. The molecule has 3 aromatic rings. The van der Waals surface area contributed by atoms with Crippen molar-refractivity contribution >= 4 is 51.5 Å². The van der Waals surface area contributed by atoms with Crippen LogP contribution in [0, 0.1) is 12.7 Å². The van der Waals surface area contributed by atoms with Crippen molar-refractivity contribution in [3.63, 3.8) is 0 Å². The van der Waals surface area contributed by atoms with Crippen LogP contribution in [0.5, 0.6) is 0 Å². The normalized spacial score (nSPS) is 10.6. The van der Waals surface area contributed by atoms with E-state index in [4.69, 9.17) is 23.2 Å². The second-order valence-electron chi connectivity index (χ2n) is 5.86. The van der Waals surface area contributed by atoms with Crippen LogP contribution < -0.4 is 10.6 Å². The van der Waals surface area contributed by atoms with Crippen LogP contribution in [0.1, 0.15) is 32.0 Å². The molecule has 0 saturated heterocycles. The Morgan fingerprint density at radius 1 is 1.11 bits per heavy atom. The van der Waals surface area contributed by atoms with Crippen molar-refractivity contribution in [2.75, 3.05) is 5.32 Å². The lowest BCUT2D eigenvalue weighted by Crippen LogP contribution is -2.25. The fourth-order valence-electron chi connectivity index (χ4n) is 2.49. The van der Waals surface area contributed by atoms with Gasteiger partial charge in [-0.05, 0) is 42.7 Å². The van der Waals surface area contributed by atoms with Crippen LogP contribution in [0.4, 0.5) is 9.39 Å². The zero-order valence-electron chi connectivity index (χ0n) is 14.6. The molecule has 144 valence electrons. The molecule has 0 atom stereocenters. The summed E-state index contributed by atoms with van der Waals surface area (Å²) >= 11 is 12.8. The fourth-order valence-corrected chi connectivity index (χ4v) is 3.80. The number of carbonyl (C=O) groups excluding carboxylic acids is 2. The SMILES string of the molecule is Cc1nsc(NC(=O)c2cc(Cl)cc(Cl)c2)c1C(=O)NCc1ccccc1F. The molecule has 28 heavy (non-hydrogen) atoms. The first-order chi connectivity index (χ1) is 13.3. The molecule has 2 aromatic carbocycles. The van der Waals surface area contributed by atoms with Gasteiger partial charge in [-0.25, -0.2) is 4.39 Å². The largest absolute Gasteiger partial charge is 0.348 e. The number of halogens is 3. The zero-order valence-corrected chi connectivity index (χ0v) is 16.9. The second-order valence-corrected chi connectivity index (χ2v) is 7.50. The number of nitrogens with zero attached hydrogens (tertiary/aromatic N) is 1. The minimum absolute atomic E-state index is 0.0120. The maximum Gasteiger partial charge on any atom is 0.256 e. The highest BCUT2D eigenvalue weighted by Gasteiger charge is 2.21. The van der Waals surface area contributed by atoms with Gasteiger partial charge in [0.1, 0.15) is 10.8 Å². The maximum atomic E-state index is 13.7. The van der Waals surface area contributed by atoms with Crippen LogP contribution in [0.3, 0.4) is 0 Å². The maximum absolute atomic E-state index is 13.7. The van der Waals surface area contributed by atoms with E-state index in [1.165, 1.54) is 24.3 Å². The molecule has 0 spiro atoms. The van der Waals surface area contributed by atoms with Crippen LogP contribution in [0.2, 0.25) is 10.0 Å². The zero-order chi connectivity index (χ0) is 20.3. The lowest BCUT2D eigenvalue weighted by atomic mass is 10.2. The van der Waals surface area contributed by atoms with Gasteiger partial charge in [-0.3, -0.25) is 9.59 Å². The van der Waals surface area contributed by atoms with Crippen molar-refractivity contribution in [2.24, 2.45) is 0 Å². The van der Waals surface area contributed by atoms with Crippen molar-refractivity contribution in [1.82, 2.24) is 9.69 Å². The van der Waals surface area contributed by atoms with E-state index in [9.17, 15) is 14.0 Å². The molecular weight excluding hydrogens is 424 g/mol. The summed E-state index contributed by atoms with van der Waals surface area (Å²) in [6, 6.07) is 10.6. The predicted octanol–water partition coefficient (Wildman–Crippen LogP) is 5.08. The van der Waals surface area contributed by atoms with Gasteiger partial charge in [0.25, 0.3) is 11.8 Å².